The first-order chi connectivity index (χ1) is 9.72. The van der Waals surface area contributed by atoms with E-state index in [1.807, 2.05) is 19.1 Å². The summed E-state index contributed by atoms with van der Waals surface area (Å²) in [6, 6.07) is 8.24. The molecule has 0 bridgehead atoms. The molecule has 0 saturated heterocycles. The van der Waals surface area contributed by atoms with Gasteiger partial charge in [-0.15, -0.1) is 11.3 Å². The van der Waals surface area contributed by atoms with E-state index < -0.39 is 0 Å². The molecule has 1 aromatic carbocycles. The number of carbonyl (C=O) groups excluding carboxylic acids is 1. The second-order valence-electron chi connectivity index (χ2n) is 4.86. The predicted molar refractivity (Wildman–Crippen MR) is 77.6 cm³/mol. The van der Waals surface area contributed by atoms with Crippen molar-refractivity contribution in [3.05, 3.63) is 51.5 Å². The van der Waals surface area contributed by atoms with Crippen LogP contribution in [0, 0.1) is 6.92 Å². The molecule has 0 fully saturated rings. The number of rotatable bonds is 2. The maximum absolute atomic E-state index is 12.1. The average molecular weight is 288 g/mol. The van der Waals surface area contributed by atoms with Crippen LogP contribution in [0.1, 0.15) is 21.0 Å². The van der Waals surface area contributed by atoms with Crippen LogP contribution in [0.5, 0.6) is 0 Å². The van der Waals surface area contributed by atoms with Gasteiger partial charge in [0.1, 0.15) is 11.6 Å². The molecule has 0 N–H and O–H groups in total. The van der Waals surface area contributed by atoms with E-state index in [1.54, 1.807) is 22.4 Å². The lowest BCUT2D eigenvalue weighted by molar-refractivity contribution is 0.0918. The Labute approximate surface area is 122 Å². The fourth-order valence-corrected chi connectivity index (χ4v) is 3.03. The molecule has 5 heteroatoms. The van der Waals surface area contributed by atoms with Crippen molar-refractivity contribution in [3.63, 3.8) is 0 Å². The Bertz CT molecular complexity index is 624. The largest absolute Gasteiger partial charge is 0.442 e. The molecule has 0 unspecified atom stereocenters. The Morgan fingerprint density at radius 3 is 2.95 bits per heavy atom. The molecule has 20 heavy (non-hydrogen) atoms. The van der Waals surface area contributed by atoms with Crippen LogP contribution < -0.4 is 0 Å². The quantitative estimate of drug-likeness (QED) is 0.852. The topological polar surface area (TPSA) is 42.4 Å². The Balaban J connectivity index is 1.59. The molecule has 0 saturated carbocycles. The van der Waals surface area contributed by atoms with E-state index in [-0.39, 0.29) is 12.7 Å². The number of aryl methyl sites for hydroxylation is 1. The third kappa shape index (κ3) is 2.82. The summed E-state index contributed by atoms with van der Waals surface area (Å²) >= 11 is 1.56. The van der Waals surface area contributed by atoms with Crippen molar-refractivity contribution in [1.82, 2.24) is 9.88 Å². The van der Waals surface area contributed by atoms with Gasteiger partial charge in [-0.05, 0) is 24.5 Å². The van der Waals surface area contributed by atoms with E-state index in [9.17, 15) is 4.79 Å². The average Bonchev–Trinajstić information content (AvgIpc) is 2.90. The molecule has 1 aliphatic heterocycles. The fraction of sp³-hybridized carbons (Fsp3) is 0.333. The van der Waals surface area contributed by atoms with Crippen LogP contribution in [0.25, 0.3) is 0 Å². The van der Waals surface area contributed by atoms with Crippen molar-refractivity contribution in [2.24, 2.45) is 0 Å². The molecule has 4 nitrogen and oxygen atoms in total. The number of ether oxygens (including phenoxy) is 1. The number of benzene rings is 1. The molecule has 1 amide bonds. The molecule has 0 radical (unpaired) electrons. The Hall–Kier alpha value is -1.88. The summed E-state index contributed by atoms with van der Waals surface area (Å²) < 4.78 is 5.33. The smallest absolute Gasteiger partial charge is 0.410 e. The van der Waals surface area contributed by atoms with Crippen LogP contribution in [0.4, 0.5) is 4.79 Å². The highest BCUT2D eigenvalue weighted by atomic mass is 32.1. The van der Waals surface area contributed by atoms with Crippen molar-refractivity contribution in [2.45, 2.75) is 26.5 Å². The van der Waals surface area contributed by atoms with Crippen molar-refractivity contribution in [3.8, 4) is 0 Å². The Morgan fingerprint density at radius 2 is 2.20 bits per heavy atom. The molecule has 1 aliphatic rings. The second-order valence-corrected chi connectivity index (χ2v) is 6.18. The zero-order valence-electron chi connectivity index (χ0n) is 11.3. The first-order valence-corrected chi connectivity index (χ1v) is 7.44. The van der Waals surface area contributed by atoms with Gasteiger partial charge >= 0.3 is 6.09 Å². The van der Waals surface area contributed by atoms with Crippen LogP contribution in [-0.2, 0) is 24.3 Å². The molecule has 0 atom stereocenters. The molecular formula is C15H16N2O2S. The molecule has 1 aromatic heterocycles. The summed E-state index contributed by atoms with van der Waals surface area (Å²) in [5.74, 6) is 0. The highest BCUT2D eigenvalue weighted by Crippen LogP contribution is 2.19. The lowest BCUT2D eigenvalue weighted by Crippen LogP contribution is -2.36. The van der Waals surface area contributed by atoms with Crippen LogP contribution >= 0.6 is 11.3 Å². The van der Waals surface area contributed by atoms with Gasteiger partial charge in [0.2, 0.25) is 0 Å². The van der Waals surface area contributed by atoms with E-state index in [4.69, 9.17) is 4.74 Å². The first kappa shape index (κ1) is 13.1. The minimum absolute atomic E-state index is 0.257. The number of nitrogens with zero attached hydrogens (tertiary/aromatic N) is 2. The van der Waals surface area contributed by atoms with Gasteiger partial charge in [-0.3, -0.25) is 0 Å². The summed E-state index contributed by atoms with van der Waals surface area (Å²) in [6.07, 6.45) is 2.43. The summed E-state index contributed by atoms with van der Waals surface area (Å²) in [4.78, 5) is 19.1. The van der Waals surface area contributed by atoms with Crippen LogP contribution in [0.2, 0.25) is 0 Å². The lowest BCUT2D eigenvalue weighted by atomic mass is 10.0. The van der Waals surface area contributed by atoms with E-state index in [2.05, 4.69) is 17.1 Å². The minimum atomic E-state index is -0.257. The minimum Gasteiger partial charge on any atom is -0.442 e. The molecule has 0 spiro atoms. The molecule has 2 heterocycles. The van der Waals surface area contributed by atoms with Crippen LogP contribution in [-0.4, -0.2) is 22.5 Å². The van der Waals surface area contributed by atoms with Gasteiger partial charge in [-0.1, -0.05) is 24.3 Å². The molecule has 104 valence electrons. The van der Waals surface area contributed by atoms with Gasteiger partial charge < -0.3 is 9.64 Å². The molecule has 0 aliphatic carbocycles. The summed E-state index contributed by atoms with van der Waals surface area (Å²) in [5.41, 5.74) is 2.54. The van der Waals surface area contributed by atoms with Crippen molar-refractivity contribution in [1.29, 1.82) is 0 Å². The third-order valence-electron chi connectivity index (χ3n) is 3.38. The second kappa shape index (κ2) is 5.63. The third-order valence-corrected chi connectivity index (χ3v) is 4.26. The Morgan fingerprint density at radius 1 is 1.40 bits per heavy atom. The van der Waals surface area contributed by atoms with E-state index >= 15 is 0 Å². The van der Waals surface area contributed by atoms with Gasteiger partial charge in [0.05, 0.1) is 0 Å². The number of amides is 1. The molecule has 3 rings (SSSR count). The van der Waals surface area contributed by atoms with Crippen molar-refractivity contribution >= 4 is 17.4 Å². The van der Waals surface area contributed by atoms with E-state index in [0.29, 0.717) is 13.1 Å². The summed E-state index contributed by atoms with van der Waals surface area (Å²) in [6.45, 7) is 3.60. The number of thiazole rings is 1. The summed E-state index contributed by atoms with van der Waals surface area (Å²) in [5, 5.41) is 0.841. The molecule has 2 aromatic rings. The number of hydrogen-bond donors (Lipinski definition) is 0. The number of hydrogen-bond acceptors (Lipinski definition) is 4. The van der Waals surface area contributed by atoms with Crippen LogP contribution in [0.3, 0.4) is 0 Å². The van der Waals surface area contributed by atoms with Crippen molar-refractivity contribution < 1.29 is 9.53 Å². The fourth-order valence-electron chi connectivity index (χ4n) is 2.33. The van der Waals surface area contributed by atoms with Gasteiger partial charge in [0, 0.05) is 24.2 Å². The first-order valence-electron chi connectivity index (χ1n) is 6.62. The lowest BCUT2D eigenvalue weighted by Gasteiger charge is -2.27. The van der Waals surface area contributed by atoms with Gasteiger partial charge in [0.25, 0.3) is 0 Å². The number of carbonyl (C=O) groups is 1. The van der Waals surface area contributed by atoms with Crippen LogP contribution in [0.15, 0.2) is 30.5 Å². The monoisotopic (exact) mass is 288 g/mol. The van der Waals surface area contributed by atoms with Crippen molar-refractivity contribution in [2.75, 3.05) is 6.54 Å². The van der Waals surface area contributed by atoms with E-state index in [0.717, 1.165) is 16.3 Å². The SMILES string of the molecule is Cc1cnc(COC(=O)N2CCc3ccccc3C2)s1. The maximum Gasteiger partial charge on any atom is 0.410 e. The number of aromatic nitrogens is 1. The summed E-state index contributed by atoms with van der Waals surface area (Å²) in [7, 11) is 0. The maximum atomic E-state index is 12.1. The van der Waals surface area contributed by atoms with E-state index in [1.165, 1.54) is 11.1 Å². The Kier molecular flexibility index (Phi) is 3.69. The van der Waals surface area contributed by atoms with Gasteiger partial charge in [-0.25, -0.2) is 9.78 Å². The highest BCUT2D eigenvalue weighted by molar-refractivity contribution is 7.11. The standard InChI is InChI=1S/C15H16N2O2S/c1-11-8-16-14(20-11)10-19-15(18)17-7-6-12-4-2-3-5-13(12)9-17/h2-5,8H,6-7,9-10H2,1H3. The number of fused-ring (bicyclic) bond motifs is 1. The van der Waals surface area contributed by atoms with Gasteiger partial charge in [0.15, 0.2) is 0 Å². The predicted octanol–water partition coefficient (Wildman–Crippen LogP) is 3.15. The highest BCUT2D eigenvalue weighted by Gasteiger charge is 2.21. The zero-order chi connectivity index (χ0) is 13.9. The molecular weight excluding hydrogens is 272 g/mol. The zero-order valence-corrected chi connectivity index (χ0v) is 12.2. The normalized spacial score (nSPS) is 13.9. The van der Waals surface area contributed by atoms with Gasteiger partial charge in [-0.2, -0.15) is 0 Å².